The molecule has 0 unspecified atom stereocenters. The molecule has 0 aliphatic rings. The first-order valence-corrected chi connectivity index (χ1v) is 8.39. The van der Waals surface area contributed by atoms with E-state index < -0.39 is 23.3 Å². The number of halogens is 5. The third-order valence-corrected chi connectivity index (χ3v) is 4.56. The lowest BCUT2D eigenvalue weighted by Gasteiger charge is -2.14. The molecule has 1 N–H and O–H groups in total. The number of carbonyl (C=O) groups excluding carboxylic acids is 1. The van der Waals surface area contributed by atoms with Crippen molar-refractivity contribution in [1.29, 1.82) is 0 Å². The molecule has 0 spiro atoms. The van der Waals surface area contributed by atoms with Crippen molar-refractivity contribution in [3.63, 3.8) is 0 Å². The van der Waals surface area contributed by atoms with E-state index in [1.807, 2.05) is 6.07 Å². The smallest absolute Gasteiger partial charge is 0.320 e. The van der Waals surface area contributed by atoms with Crippen LogP contribution >= 0.6 is 23.2 Å². The van der Waals surface area contributed by atoms with Gasteiger partial charge in [-0.1, -0.05) is 59.6 Å². The molecular formula is C18H12Cl2F3N3O. The number of aromatic nitrogens is 2. The predicted octanol–water partition coefficient (Wildman–Crippen LogP) is 5.67. The molecule has 0 saturated heterocycles. The van der Waals surface area contributed by atoms with Gasteiger partial charge in [-0.25, -0.2) is 0 Å². The lowest BCUT2D eigenvalue weighted by Crippen LogP contribution is -2.18. The van der Waals surface area contributed by atoms with Gasteiger partial charge in [-0.2, -0.15) is 18.3 Å². The van der Waals surface area contributed by atoms with Crippen molar-refractivity contribution in [2.75, 3.05) is 5.32 Å². The van der Waals surface area contributed by atoms with Crippen molar-refractivity contribution in [2.24, 2.45) is 7.05 Å². The molecule has 1 heterocycles. The van der Waals surface area contributed by atoms with Crippen LogP contribution in [0.2, 0.25) is 10.0 Å². The zero-order valence-corrected chi connectivity index (χ0v) is 15.3. The van der Waals surface area contributed by atoms with E-state index in [0.717, 1.165) is 10.9 Å². The summed E-state index contributed by atoms with van der Waals surface area (Å²) in [6.07, 6.45) is -3.77. The summed E-state index contributed by atoms with van der Waals surface area (Å²) in [5, 5.41) is 5.98. The van der Waals surface area contributed by atoms with E-state index >= 15 is 0 Å². The molecular weight excluding hydrogens is 402 g/mol. The second-order valence-corrected chi connectivity index (χ2v) is 6.45. The Hall–Kier alpha value is -2.51. The fourth-order valence-corrected chi connectivity index (χ4v) is 2.95. The van der Waals surface area contributed by atoms with Crippen LogP contribution < -0.4 is 5.32 Å². The summed E-state index contributed by atoms with van der Waals surface area (Å²) in [7, 11) is 1.30. The normalized spacial score (nSPS) is 11.5. The Morgan fingerprint density at radius 2 is 1.78 bits per heavy atom. The van der Waals surface area contributed by atoms with Gasteiger partial charge in [0.05, 0.1) is 21.3 Å². The Bertz CT molecular complexity index is 1000. The van der Waals surface area contributed by atoms with Gasteiger partial charge < -0.3 is 5.32 Å². The summed E-state index contributed by atoms with van der Waals surface area (Å²) in [6, 6.07) is 12.1. The molecule has 0 aliphatic carbocycles. The standard InChI is InChI=1S/C18H12Cl2F3N3O/c1-26-9-12(16(25-26)18(21,22)23)17(27)24-15-11(7-8-13(19)14(15)20)10-5-3-2-4-6-10/h2-9H,1H3,(H,24,27). The minimum absolute atomic E-state index is 0.0313. The average Bonchev–Trinajstić information content (AvgIpc) is 3.02. The molecule has 0 fully saturated rings. The van der Waals surface area contributed by atoms with Crippen LogP contribution in [0, 0.1) is 0 Å². The number of anilines is 1. The van der Waals surface area contributed by atoms with Crippen LogP contribution in [-0.4, -0.2) is 15.7 Å². The van der Waals surface area contributed by atoms with Crippen LogP contribution in [0.5, 0.6) is 0 Å². The van der Waals surface area contributed by atoms with Crippen molar-refractivity contribution in [3.05, 3.63) is 70.0 Å². The van der Waals surface area contributed by atoms with E-state index in [0.29, 0.717) is 11.1 Å². The van der Waals surface area contributed by atoms with Crippen molar-refractivity contribution < 1.29 is 18.0 Å². The minimum Gasteiger partial charge on any atom is -0.320 e. The Labute approximate surface area is 162 Å². The minimum atomic E-state index is -4.77. The van der Waals surface area contributed by atoms with Gasteiger partial charge in [0.15, 0.2) is 5.69 Å². The van der Waals surface area contributed by atoms with E-state index in [-0.39, 0.29) is 15.7 Å². The number of carbonyl (C=O) groups is 1. The molecule has 1 amide bonds. The van der Waals surface area contributed by atoms with Crippen LogP contribution in [0.1, 0.15) is 16.1 Å². The molecule has 0 radical (unpaired) electrons. The average molecular weight is 414 g/mol. The third-order valence-electron chi connectivity index (χ3n) is 3.76. The molecule has 140 valence electrons. The number of nitrogens with zero attached hydrogens (tertiary/aromatic N) is 2. The van der Waals surface area contributed by atoms with E-state index in [1.165, 1.54) is 7.05 Å². The van der Waals surface area contributed by atoms with E-state index in [4.69, 9.17) is 23.2 Å². The van der Waals surface area contributed by atoms with Crippen molar-refractivity contribution >= 4 is 34.8 Å². The number of aryl methyl sites for hydroxylation is 1. The second-order valence-electron chi connectivity index (χ2n) is 5.67. The fraction of sp³-hybridized carbons (Fsp3) is 0.111. The molecule has 3 aromatic rings. The van der Waals surface area contributed by atoms with Gasteiger partial charge in [-0.05, 0) is 11.6 Å². The first-order valence-electron chi connectivity index (χ1n) is 7.64. The molecule has 1 aromatic heterocycles. The van der Waals surface area contributed by atoms with Crippen molar-refractivity contribution in [1.82, 2.24) is 9.78 Å². The Morgan fingerprint density at radius 3 is 2.41 bits per heavy atom. The molecule has 2 aromatic carbocycles. The predicted molar refractivity (Wildman–Crippen MR) is 98.1 cm³/mol. The number of hydrogen-bond donors (Lipinski definition) is 1. The SMILES string of the molecule is Cn1cc(C(=O)Nc2c(-c3ccccc3)ccc(Cl)c2Cl)c(C(F)(F)F)n1. The highest BCUT2D eigenvalue weighted by molar-refractivity contribution is 6.44. The first kappa shape index (κ1) is 19.3. The van der Waals surface area contributed by atoms with E-state index in [2.05, 4.69) is 10.4 Å². The summed E-state index contributed by atoms with van der Waals surface area (Å²) in [6.45, 7) is 0. The zero-order valence-electron chi connectivity index (χ0n) is 13.8. The van der Waals surface area contributed by atoms with Gasteiger partial charge in [0, 0.05) is 18.8 Å². The van der Waals surface area contributed by atoms with Crippen LogP contribution in [0.4, 0.5) is 18.9 Å². The summed E-state index contributed by atoms with van der Waals surface area (Å²) in [5.41, 5.74) is -0.524. The van der Waals surface area contributed by atoms with Crippen molar-refractivity contribution in [2.45, 2.75) is 6.18 Å². The molecule has 0 saturated carbocycles. The van der Waals surface area contributed by atoms with Gasteiger partial charge in [0.1, 0.15) is 0 Å². The maximum Gasteiger partial charge on any atom is 0.435 e. The largest absolute Gasteiger partial charge is 0.435 e. The summed E-state index contributed by atoms with van der Waals surface area (Å²) in [5.74, 6) is -0.989. The molecule has 9 heteroatoms. The third kappa shape index (κ3) is 3.94. The number of rotatable bonds is 3. The summed E-state index contributed by atoms with van der Waals surface area (Å²) in [4.78, 5) is 12.6. The first-order chi connectivity index (χ1) is 12.7. The van der Waals surface area contributed by atoms with Crippen LogP contribution in [0.15, 0.2) is 48.7 Å². The second kappa shape index (κ2) is 7.25. The van der Waals surface area contributed by atoms with Crippen LogP contribution in [0.25, 0.3) is 11.1 Å². The molecule has 0 bridgehead atoms. The van der Waals surface area contributed by atoms with E-state index in [9.17, 15) is 18.0 Å². The van der Waals surface area contributed by atoms with Gasteiger partial charge in [0.2, 0.25) is 0 Å². The molecule has 3 rings (SSSR count). The van der Waals surface area contributed by atoms with Gasteiger partial charge >= 0.3 is 6.18 Å². The number of amides is 1. The van der Waals surface area contributed by atoms with Crippen molar-refractivity contribution in [3.8, 4) is 11.1 Å². The van der Waals surface area contributed by atoms with Gasteiger partial charge in [-0.15, -0.1) is 0 Å². The number of hydrogen-bond acceptors (Lipinski definition) is 2. The molecule has 27 heavy (non-hydrogen) atoms. The van der Waals surface area contributed by atoms with E-state index in [1.54, 1.807) is 36.4 Å². The fourth-order valence-electron chi connectivity index (χ4n) is 2.58. The number of nitrogens with one attached hydrogen (secondary N) is 1. The van der Waals surface area contributed by atoms with Crippen LogP contribution in [-0.2, 0) is 13.2 Å². The number of alkyl halides is 3. The Kier molecular flexibility index (Phi) is 5.17. The number of benzene rings is 2. The highest BCUT2D eigenvalue weighted by atomic mass is 35.5. The summed E-state index contributed by atoms with van der Waals surface area (Å²) >= 11 is 12.3. The molecule has 0 aliphatic heterocycles. The molecule has 4 nitrogen and oxygen atoms in total. The topological polar surface area (TPSA) is 46.9 Å². The zero-order chi connectivity index (χ0) is 19.8. The summed E-state index contributed by atoms with van der Waals surface area (Å²) < 4.78 is 40.4. The lowest BCUT2D eigenvalue weighted by molar-refractivity contribution is -0.141. The quantitative estimate of drug-likeness (QED) is 0.601. The van der Waals surface area contributed by atoms with Crippen LogP contribution in [0.3, 0.4) is 0 Å². The Balaban J connectivity index is 2.06. The Morgan fingerprint density at radius 1 is 1.11 bits per heavy atom. The monoisotopic (exact) mass is 413 g/mol. The maximum absolute atomic E-state index is 13.1. The maximum atomic E-state index is 13.1. The highest BCUT2D eigenvalue weighted by Gasteiger charge is 2.39. The van der Waals surface area contributed by atoms with Gasteiger partial charge in [0.25, 0.3) is 5.91 Å². The lowest BCUT2D eigenvalue weighted by atomic mass is 10.0. The van der Waals surface area contributed by atoms with Gasteiger partial charge in [-0.3, -0.25) is 9.48 Å². The molecule has 0 atom stereocenters. The highest BCUT2D eigenvalue weighted by Crippen LogP contribution is 2.39.